The van der Waals surface area contributed by atoms with Crippen molar-refractivity contribution in [1.82, 2.24) is 5.32 Å². The zero-order valence-corrected chi connectivity index (χ0v) is 14.3. The maximum atomic E-state index is 3.81. The highest BCUT2D eigenvalue weighted by Gasteiger charge is 2.19. The van der Waals surface area contributed by atoms with Crippen molar-refractivity contribution in [2.75, 3.05) is 13.2 Å². The number of nitrogens with one attached hydrogen (secondary N) is 1. The van der Waals surface area contributed by atoms with E-state index in [-0.39, 0.29) is 0 Å². The van der Waals surface area contributed by atoms with Crippen molar-refractivity contribution in [2.45, 2.75) is 65.3 Å². The van der Waals surface area contributed by atoms with Gasteiger partial charge in [-0.05, 0) is 50.0 Å². The number of allylic oxidation sites excluding steroid dienone is 1. The molecule has 1 N–H and O–H groups in total. The van der Waals surface area contributed by atoms with Crippen LogP contribution in [0.15, 0.2) is 23.0 Å². The molecule has 1 fully saturated rings. The molecule has 0 saturated carbocycles. The first-order valence-electron chi connectivity index (χ1n) is 7.98. The summed E-state index contributed by atoms with van der Waals surface area (Å²) in [5.41, 5.74) is 3.13. The molecular weight excluding hydrogens is 249 g/mol. The normalized spacial score (nSPS) is 24.6. The summed E-state index contributed by atoms with van der Waals surface area (Å²) >= 11 is 0. The van der Waals surface area contributed by atoms with Crippen LogP contribution in [0.5, 0.6) is 0 Å². The zero-order chi connectivity index (χ0) is 14.1. The summed E-state index contributed by atoms with van der Waals surface area (Å²) in [5.74, 6) is 3.10. The van der Waals surface area contributed by atoms with Gasteiger partial charge in [-0.25, -0.2) is 0 Å². The van der Waals surface area contributed by atoms with Crippen LogP contribution in [-0.2, 0) is 0 Å². The average Bonchev–Trinajstić information content (AvgIpc) is 2.51. The highest BCUT2D eigenvalue weighted by Crippen LogP contribution is 2.29. The molecule has 0 aromatic rings. The van der Waals surface area contributed by atoms with Gasteiger partial charge in [-0.3, -0.25) is 0 Å². The highest BCUT2D eigenvalue weighted by atomic mass is 31.1. The summed E-state index contributed by atoms with van der Waals surface area (Å²) in [7, 11) is 0.902. The molecule has 0 aliphatic carbocycles. The predicted octanol–water partition coefficient (Wildman–Crippen LogP) is 5.09. The first-order valence-corrected chi connectivity index (χ1v) is 9.55. The third-order valence-electron chi connectivity index (χ3n) is 4.00. The second kappa shape index (κ2) is 9.72. The van der Waals surface area contributed by atoms with Crippen LogP contribution in [0.1, 0.15) is 59.3 Å². The van der Waals surface area contributed by atoms with Crippen molar-refractivity contribution in [2.24, 2.45) is 5.92 Å². The Morgan fingerprint density at radius 2 is 1.84 bits per heavy atom. The molecule has 2 atom stereocenters. The van der Waals surface area contributed by atoms with Crippen molar-refractivity contribution in [3.63, 3.8) is 0 Å². The van der Waals surface area contributed by atoms with Gasteiger partial charge in [-0.2, -0.15) is 0 Å². The van der Waals surface area contributed by atoms with Gasteiger partial charge in [0.1, 0.15) is 0 Å². The summed E-state index contributed by atoms with van der Waals surface area (Å²) in [4.78, 5) is 0. The predicted molar refractivity (Wildman–Crippen MR) is 90.4 cm³/mol. The number of hydrogen-bond donors (Lipinski definition) is 1. The molecule has 0 aromatic heterocycles. The summed E-state index contributed by atoms with van der Waals surface area (Å²) in [6.07, 6.45) is 10.6. The second-order valence-electron chi connectivity index (χ2n) is 5.85. The van der Waals surface area contributed by atoms with Crippen LogP contribution in [0, 0.1) is 5.92 Å². The summed E-state index contributed by atoms with van der Waals surface area (Å²) in [6, 6.07) is 0.583. The van der Waals surface area contributed by atoms with Crippen LogP contribution < -0.4 is 5.32 Å². The van der Waals surface area contributed by atoms with E-state index in [0.29, 0.717) is 12.0 Å². The maximum absolute atomic E-state index is 3.81. The lowest BCUT2D eigenvalue weighted by Gasteiger charge is -2.26. The summed E-state index contributed by atoms with van der Waals surface area (Å²) in [6.45, 7) is 10.3. The molecule has 0 aromatic carbocycles. The molecule has 1 saturated heterocycles. The Labute approximate surface area is 122 Å². The Morgan fingerprint density at radius 1 is 1.16 bits per heavy atom. The molecule has 0 spiro atoms. The van der Waals surface area contributed by atoms with Gasteiger partial charge in [-0.15, -0.1) is 8.58 Å². The van der Waals surface area contributed by atoms with Crippen molar-refractivity contribution < 1.29 is 0 Å². The lowest BCUT2D eigenvalue weighted by atomic mass is 9.89. The smallest absolute Gasteiger partial charge is 0.0323 e. The van der Waals surface area contributed by atoms with E-state index >= 15 is 0 Å². The van der Waals surface area contributed by atoms with Gasteiger partial charge in [0.2, 0.25) is 0 Å². The maximum Gasteiger partial charge on any atom is 0.0323 e. The fraction of sp³-hybridized carbons (Fsp3) is 0.765. The molecule has 0 bridgehead atoms. The van der Waals surface area contributed by atoms with Crippen LogP contribution in [0.2, 0.25) is 0 Å². The SMILES string of the molecule is C/C=C(/C(=C/PC)C1CCCCCCCN1)C(C)C. The fourth-order valence-corrected chi connectivity index (χ4v) is 3.70. The van der Waals surface area contributed by atoms with Crippen molar-refractivity contribution in [3.05, 3.63) is 23.0 Å². The van der Waals surface area contributed by atoms with Crippen LogP contribution in [0.3, 0.4) is 0 Å². The van der Waals surface area contributed by atoms with Gasteiger partial charge in [-0.1, -0.05) is 51.4 Å². The van der Waals surface area contributed by atoms with E-state index in [0.717, 1.165) is 8.58 Å². The molecule has 1 aliphatic rings. The third kappa shape index (κ3) is 5.79. The van der Waals surface area contributed by atoms with Crippen molar-refractivity contribution in [3.8, 4) is 0 Å². The van der Waals surface area contributed by atoms with E-state index in [4.69, 9.17) is 0 Å². The highest BCUT2D eigenvalue weighted by molar-refractivity contribution is 7.40. The van der Waals surface area contributed by atoms with E-state index in [1.165, 1.54) is 45.1 Å². The standard InChI is InChI=1S/C17H32NP/c1-5-15(14(2)3)16(13-19-4)17-11-9-7-6-8-10-12-18-17/h5,13-14,17-19H,6-12H2,1-4H3/b15-5+,16-13-. The number of rotatable bonds is 4. The minimum absolute atomic E-state index is 0.583. The van der Waals surface area contributed by atoms with Crippen LogP contribution in [0.25, 0.3) is 0 Å². The molecule has 1 rings (SSSR count). The summed E-state index contributed by atoms with van der Waals surface area (Å²) in [5, 5.41) is 3.81. The molecule has 1 aliphatic heterocycles. The molecule has 0 amide bonds. The van der Waals surface area contributed by atoms with E-state index in [1.54, 1.807) is 11.1 Å². The molecule has 19 heavy (non-hydrogen) atoms. The molecule has 1 nitrogen and oxygen atoms in total. The first kappa shape index (κ1) is 16.9. The molecule has 2 heteroatoms. The molecule has 1 heterocycles. The van der Waals surface area contributed by atoms with E-state index in [1.807, 2.05) is 0 Å². The van der Waals surface area contributed by atoms with Crippen LogP contribution in [0.4, 0.5) is 0 Å². The Morgan fingerprint density at radius 3 is 2.47 bits per heavy atom. The lowest BCUT2D eigenvalue weighted by molar-refractivity contribution is 0.522. The monoisotopic (exact) mass is 281 g/mol. The molecule has 0 radical (unpaired) electrons. The Balaban J connectivity index is 2.86. The largest absolute Gasteiger partial charge is 0.310 e. The number of hydrogen-bond acceptors (Lipinski definition) is 1. The van der Waals surface area contributed by atoms with Gasteiger partial charge >= 0.3 is 0 Å². The molecule has 110 valence electrons. The quantitative estimate of drug-likeness (QED) is 0.559. The van der Waals surface area contributed by atoms with E-state index in [9.17, 15) is 0 Å². The lowest BCUT2D eigenvalue weighted by Crippen LogP contribution is -2.32. The van der Waals surface area contributed by atoms with Gasteiger partial charge in [0.25, 0.3) is 0 Å². The van der Waals surface area contributed by atoms with Crippen molar-refractivity contribution in [1.29, 1.82) is 0 Å². The zero-order valence-electron chi connectivity index (χ0n) is 13.3. The van der Waals surface area contributed by atoms with Gasteiger partial charge in [0, 0.05) is 6.04 Å². The minimum atomic E-state index is 0.583. The van der Waals surface area contributed by atoms with Gasteiger partial charge < -0.3 is 5.32 Å². The third-order valence-corrected chi connectivity index (χ3v) is 4.60. The second-order valence-corrected chi connectivity index (χ2v) is 6.72. The molecule has 2 unspecified atom stereocenters. The summed E-state index contributed by atoms with van der Waals surface area (Å²) < 4.78 is 0. The van der Waals surface area contributed by atoms with Crippen LogP contribution in [-0.4, -0.2) is 19.3 Å². The Kier molecular flexibility index (Phi) is 8.66. The van der Waals surface area contributed by atoms with E-state index in [2.05, 4.69) is 44.6 Å². The first-order chi connectivity index (χ1) is 9.20. The van der Waals surface area contributed by atoms with Gasteiger partial charge in [0.05, 0.1) is 0 Å². The van der Waals surface area contributed by atoms with Crippen LogP contribution >= 0.6 is 8.58 Å². The fourth-order valence-electron chi connectivity index (χ4n) is 3.02. The van der Waals surface area contributed by atoms with E-state index < -0.39 is 0 Å². The topological polar surface area (TPSA) is 12.0 Å². The Bertz CT molecular complexity index is 294. The average molecular weight is 281 g/mol. The molecular formula is C17H32NP. The van der Waals surface area contributed by atoms with Gasteiger partial charge in [0.15, 0.2) is 0 Å². The minimum Gasteiger partial charge on any atom is -0.310 e. The Hall–Kier alpha value is -0.130. The van der Waals surface area contributed by atoms with Crippen molar-refractivity contribution >= 4 is 8.58 Å².